The van der Waals surface area contributed by atoms with Crippen LogP contribution in [0.1, 0.15) is 31.9 Å². The Labute approximate surface area is 190 Å². The molecule has 0 aromatic heterocycles. The summed E-state index contributed by atoms with van der Waals surface area (Å²) in [5.41, 5.74) is 2.92. The second-order valence-corrected chi connectivity index (χ2v) is 6.74. The highest BCUT2D eigenvalue weighted by Crippen LogP contribution is 2.22. The van der Waals surface area contributed by atoms with E-state index < -0.39 is 0 Å². The van der Waals surface area contributed by atoms with E-state index in [-0.39, 0.29) is 42.5 Å². The first-order chi connectivity index (χ1) is 13.5. The number of carbonyl (C=O) groups excluding carboxylic acids is 1. The minimum Gasteiger partial charge on any atom is -0.491 e. The van der Waals surface area contributed by atoms with Crippen LogP contribution in [0.4, 0.5) is 5.69 Å². The standard InChI is InChI=1S/C22H30N4O2.HI/c1-5-23-22(25-15-21(27)26-19-9-7-6-8-10-19)24-14-18-12-11-17(4)13-20(18)28-16(2)3;/h6-13,16H,5,14-15H2,1-4H3,(H,26,27)(H2,23,24,25);1H. The summed E-state index contributed by atoms with van der Waals surface area (Å²) in [5.74, 6) is 1.30. The molecule has 29 heavy (non-hydrogen) atoms. The topological polar surface area (TPSA) is 74.8 Å². The quantitative estimate of drug-likeness (QED) is 0.284. The maximum Gasteiger partial charge on any atom is 0.243 e. The van der Waals surface area contributed by atoms with Crippen LogP contribution in [0.5, 0.6) is 5.75 Å². The van der Waals surface area contributed by atoms with Crippen molar-refractivity contribution in [2.45, 2.75) is 40.3 Å². The monoisotopic (exact) mass is 510 g/mol. The summed E-state index contributed by atoms with van der Waals surface area (Å²) in [4.78, 5) is 16.7. The molecule has 0 atom stereocenters. The number of aliphatic imine (C=N–C) groups is 1. The van der Waals surface area contributed by atoms with Gasteiger partial charge in [-0.1, -0.05) is 30.3 Å². The second-order valence-electron chi connectivity index (χ2n) is 6.74. The molecular formula is C22H31IN4O2. The molecule has 0 heterocycles. The van der Waals surface area contributed by atoms with Gasteiger partial charge in [0.2, 0.25) is 5.91 Å². The Morgan fingerprint density at radius 3 is 2.48 bits per heavy atom. The summed E-state index contributed by atoms with van der Waals surface area (Å²) in [5, 5.41) is 9.08. The van der Waals surface area contributed by atoms with Gasteiger partial charge in [-0.2, -0.15) is 0 Å². The molecule has 3 N–H and O–H groups in total. The van der Waals surface area contributed by atoms with E-state index in [9.17, 15) is 4.79 Å². The molecule has 0 radical (unpaired) electrons. The van der Waals surface area contributed by atoms with Crippen molar-refractivity contribution < 1.29 is 9.53 Å². The number of rotatable bonds is 8. The van der Waals surface area contributed by atoms with Crippen LogP contribution < -0.4 is 20.7 Å². The van der Waals surface area contributed by atoms with E-state index in [4.69, 9.17) is 4.74 Å². The van der Waals surface area contributed by atoms with Gasteiger partial charge in [-0.15, -0.1) is 24.0 Å². The number of ether oxygens (including phenoxy) is 1. The molecule has 0 saturated carbocycles. The third-order valence-electron chi connectivity index (χ3n) is 3.81. The Bertz CT molecular complexity index is 795. The SMILES string of the molecule is CCNC(=NCc1ccc(C)cc1OC(C)C)NCC(=O)Nc1ccccc1.I. The summed E-state index contributed by atoms with van der Waals surface area (Å²) in [6.07, 6.45) is 0.0950. The maximum absolute atomic E-state index is 12.1. The fraction of sp³-hybridized carbons (Fsp3) is 0.364. The second kappa shape index (κ2) is 13.0. The molecule has 0 aliphatic rings. The molecular weight excluding hydrogens is 479 g/mol. The van der Waals surface area contributed by atoms with Crippen LogP contribution in [-0.4, -0.2) is 31.1 Å². The highest BCUT2D eigenvalue weighted by molar-refractivity contribution is 14.0. The average Bonchev–Trinajstić information content (AvgIpc) is 2.65. The number of amides is 1. The van der Waals surface area contributed by atoms with Crippen LogP contribution in [0.25, 0.3) is 0 Å². The Morgan fingerprint density at radius 2 is 1.83 bits per heavy atom. The summed E-state index contributed by atoms with van der Waals surface area (Å²) in [7, 11) is 0. The molecule has 2 rings (SSSR count). The maximum atomic E-state index is 12.1. The van der Waals surface area contributed by atoms with Crippen molar-refractivity contribution in [3.8, 4) is 5.75 Å². The Balaban J connectivity index is 0.00000420. The lowest BCUT2D eigenvalue weighted by Crippen LogP contribution is -2.41. The van der Waals surface area contributed by atoms with Gasteiger partial charge in [0.15, 0.2) is 5.96 Å². The van der Waals surface area contributed by atoms with Crippen LogP contribution in [-0.2, 0) is 11.3 Å². The van der Waals surface area contributed by atoms with Gasteiger partial charge in [0.25, 0.3) is 0 Å². The van der Waals surface area contributed by atoms with Crippen molar-refractivity contribution in [2.75, 3.05) is 18.4 Å². The molecule has 7 heteroatoms. The van der Waals surface area contributed by atoms with Crippen LogP contribution in [0.2, 0.25) is 0 Å². The minimum atomic E-state index is -0.129. The largest absolute Gasteiger partial charge is 0.491 e. The number of nitrogens with zero attached hydrogens (tertiary/aromatic N) is 1. The summed E-state index contributed by atoms with van der Waals surface area (Å²) >= 11 is 0. The zero-order valence-corrected chi connectivity index (χ0v) is 19.8. The number of anilines is 1. The van der Waals surface area contributed by atoms with Gasteiger partial charge in [-0.05, 0) is 51.5 Å². The number of aryl methyl sites for hydroxylation is 1. The van der Waals surface area contributed by atoms with Crippen LogP contribution in [0, 0.1) is 6.92 Å². The Hall–Kier alpha value is -2.29. The van der Waals surface area contributed by atoms with Gasteiger partial charge in [0.05, 0.1) is 19.2 Å². The van der Waals surface area contributed by atoms with Crippen molar-refractivity contribution in [1.82, 2.24) is 10.6 Å². The van der Waals surface area contributed by atoms with Crippen LogP contribution in [0.15, 0.2) is 53.5 Å². The Morgan fingerprint density at radius 1 is 1.10 bits per heavy atom. The molecule has 0 aliphatic carbocycles. The van der Waals surface area contributed by atoms with Crippen LogP contribution in [0.3, 0.4) is 0 Å². The minimum absolute atomic E-state index is 0. The van der Waals surface area contributed by atoms with Crippen molar-refractivity contribution in [3.63, 3.8) is 0 Å². The number of nitrogens with one attached hydrogen (secondary N) is 3. The highest BCUT2D eigenvalue weighted by atomic mass is 127. The lowest BCUT2D eigenvalue weighted by Gasteiger charge is -2.15. The van der Waals surface area contributed by atoms with E-state index in [1.165, 1.54) is 0 Å². The van der Waals surface area contributed by atoms with E-state index in [0.717, 1.165) is 22.6 Å². The van der Waals surface area contributed by atoms with Crippen molar-refractivity contribution in [3.05, 3.63) is 59.7 Å². The van der Waals surface area contributed by atoms with Crippen LogP contribution >= 0.6 is 24.0 Å². The smallest absolute Gasteiger partial charge is 0.243 e. The molecule has 1 amide bonds. The predicted octanol–water partition coefficient (Wildman–Crippen LogP) is 4.09. The van der Waals surface area contributed by atoms with Gasteiger partial charge >= 0.3 is 0 Å². The van der Waals surface area contributed by atoms with Gasteiger partial charge in [-0.3, -0.25) is 4.79 Å². The summed E-state index contributed by atoms with van der Waals surface area (Å²) < 4.78 is 5.91. The lowest BCUT2D eigenvalue weighted by atomic mass is 10.1. The number of hydrogen-bond acceptors (Lipinski definition) is 3. The predicted molar refractivity (Wildman–Crippen MR) is 130 cm³/mol. The molecule has 0 aliphatic heterocycles. The molecule has 0 bridgehead atoms. The first-order valence-corrected chi connectivity index (χ1v) is 9.61. The molecule has 2 aromatic carbocycles. The van der Waals surface area contributed by atoms with E-state index in [0.29, 0.717) is 19.0 Å². The summed E-state index contributed by atoms with van der Waals surface area (Å²) in [6, 6.07) is 15.5. The van der Waals surface area contributed by atoms with E-state index in [1.807, 2.05) is 76.2 Å². The normalized spacial score (nSPS) is 10.9. The third kappa shape index (κ3) is 9.17. The average molecular weight is 510 g/mol. The van der Waals surface area contributed by atoms with Gasteiger partial charge < -0.3 is 20.7 Å². The van der Waals surface area contributed by atoms with E-state index in [2.05, 4.69) is 20.9 Å². The lowest BCUT2D eigenvalue weighted by molar-refractivity contribution is -0.115. The molecule has 0 unspecified atom stereocenters. The van der Waals surface area contributed by atoms with Gasteiger partial charge in [-0.25, -0.2) is 4.99 Å². The summed E-state index contributed by atoms with van der Waals surface area (Å²) in [6.45, 7) is 9.33. The number of halogens is 1. The number of benzene rings is 2. The van der Waals surface area contributed by atoms with Gasteiger partial charge in [0.1, 0.15) is 5.75 Å². The number of carbonyl (C=O) groups is 1. The molecule has 0 fully saturated rings. The molecule has 6 nitrogen and oxygen atoms in total. The van der Waals surface area contributed by atoms with E-state index in [1.54, 1.807) is 0 Å². The van der Waals surface area contributed by atoms with Crippen molar-refractivity contribution in [1.29, 1.82) is 0 Å². The fourth-order valence-electron chi connectivity index (χ4n) is 2.55. The molecule has 2 aromatic rings. The number of para-hydroxylation sites is 1. The zero-order valence-electron chi connectivity index (χ0n) is 17.5. The zero-order chi connectivity index (χ0) is 20.4. The fourth-order valence-corrected chi connectivity index (χ4v) is 2.55. The third-order valence-corrected chi connectivity index (χ3v) is 3.81. The first kappa shape index (κ1) is 24.7. The first-order valence-electron chi connectivity index (χ1n) is 9.61. The van der Waals surface area contributed by atoms with E-state index >= 15 is 0 Å². The Kier molecular flexibility index (Phi) is 11.1. The molecule has 158 valence electrons. The number of guanidine groups is 1. The molecule has 0 saturated heterocycles. The highest BCUT2D eigenvalue weighted by Gasteiger charge is 2.08. The van der Waals surface area contributed by atoms with Gasteiger partial charge in [0, 0.05) is 17.8 Å². The van der Waals surface area contributed by atoms with Crippen molar-refractivity contribution in [2.24, 2.45) is 4.99 Å². The van der Waals surface area contributed by atoms with Crippen molar-refractivity contribution >= 4 is 41.5 Å². The molecule has 0 spiro atoms. The number of hydrogen-bond donors (Lipinski definition) is 3.